The van der Waals surface area contributed by atoms with Gasteiger partial charge >= 0.3 is 0 Å². The quantitative estimate of drug-likeness (QED) is 0.608. The summed E-state index contributed by atoms with van der Waals surface area (Å²) < 4.78 is 5.36. The van der Waals surface area contributed by atoms with Gasteiger partial charge in [0.1, 0.15) is 0 Å². The number of nitrogens with zero attached hydrogens (tertiary/aromatic N) is 1. The maximum atomic E-state index is 12.1. The number of aromatic nitrogens is 2. The lowest BCUT2D eigenvalue weighted by Gasteiger charge is -2.08. The van der Waals surface area contributed by atoms with E-state index in [4.69, 9.17) is 4.42 Å². The molecule has 3 aromatic rings. The first-order chi connectivity index (χ1) is 11.8. The fourth-order valence-electron chi connectivity index (χ4n) is 3.14. The fourth-order valence-corrected chi connectivity index (χ4v) is 3.14. The topological polar surface area (TPSA) is 82.9 Å². The number of aromatic amines is 1. The van der Waals surface area contributed by atoms with Crippen molar-refractivity contribution in [2.24, 2.45) is 5.92 Å². The lowest BCUT2D eigenvalue weighted by molar-refractivity contribution is -0.116. The van der Waals surface area contributed by atoms with Gasteiger partial charge in [0.25, 0.3) is 0 Å². The van der Waals surface area contributed by atoms with E-state index < -0.39 is 0 Å². The molecule has 1 amide bonds. The van der Waals surface area contributed by atoms with Crippen molar-refractivity contribution >= 4 is 47.4 Å². The first kappa shape index (κ1) is 20.3. The normalized spacial score (nSPS) is 16.1. The van der Waals surface area contributed by atoms with Crippen LogP contribution in [0, 0.1) is 5.92 Å². The van der Waals surface area contributed by atoms with Crippen LogP contribution in [-0.2, 0) is 4.79 Å². The zero-order valence-corrected chi connectivity index (χ0v) is 15.8. The summed E-state index contributed by atoms with van der Waals surface area (Å²) in [7, 11) is 0. The SMILES string of the molecule is Cl.Cl.O=C(CCC1CCNC1)Nc1ccc2nc(-c3ccco3)[nH]c2c1. The van der Waals surface area contributed by atoms with Gasteiger partial charge in [0.2, 0.25) is 5.91 Å². The molecule has 0 aliphatic carbocycles. The van der Waals surface area contributed by atoms with Crippen molar-refractivity contribution < 1.29 is 9.21 Å². The Morgan fingerprint density at radius 3 is 2.92 bits per heavy atom. The van der Waals surface area contributed by atoms with Crippen LogP contribution >= 0.6 is 24.8 Å². The summed E-state index contributed by atoms with van der Waals surface area (Å²) in [5.41, 5.74) is 2.50. The Bertz CT molecular complexity index is 842. The molecule has 8 heteroatoms. The van der Waals surface area contributed by atoms with Crippen LogP contribution in [0.1, 0.15) is 19.3 Å². The number of furan rings is 1. The second-order valence-corrected chi connectivity index (χ2v) is 6.24. The van der Waals surface area contributed by atoms with Crippen molar-refractivity contribution in [3.8, 4) is 11.6 Å². The van der Waals surface area contributed by atoms with Gasteiger partial charge in [-0.15, -0.1) is 24.8 Å². The smallest absolute Gasteiger partial charge is 0.224 e. The van der Waals surface area contributed by atoms with E-state index in [1.165, 1.54) is 6.42 Å². The first-order valence-electron chi connectivity index (χ1n) is 8.32. The summed E-state index contributed by atoms with van der Waals surface area (Å²) in [6.07, 6.45) is 4.29. The highest BCUT2D eigenvalue weighted by molar-refractivity contribution is 5.93. The molecule has 1 aliphatic rings. The van der Waals surface area contributed by atoms with E-state index in [1.807, 2.05) is 30.3 Å². The Morgan fingerprint density at radius 1 is 1.31 bits per heavy atom. The number of carbonyl (C=O) groups is 1. The van der Waals surface area contributed by atoms with Crippen LogP contribution in [0.3, 0.4) is 0 Å². The summed E-state index contributed by atoms with van der Waals surface area (Å²) in [6, 6.07) is 9.37. The third-order valence-corrected chi connectivity index (χ3v) is 4.46. The number of H-pyrrole nitrogens is 1. The lowest BCUT2D eigenvalue weighted by atomic mass is 10.0. The minimum Gasteiger partial charge on any atom is -0.461 e. The van der Waals surface area contributed by atoms with Gasteiger partial charge in [0.15, 0.2) is 11.6 Å². The van der Waals surface area contributed by atoms with E-state index in [-0.39, 0.29) is 30.7 Å². The predicted octanol–water partition coefficient (Wildman–Crippen LogP) is 3.99. The third-order valence-electron chi connectivity index (χ3n) is 4.46. The molecule has 3 heterocycles. The molecule has 1 fully saturated rings. The lowest BCUT2D eigenvalue weighted by Crippen LogP contribution is -2.14. The molecule has 0 saturated carbocycles. The van der Waals surface area contributed by atoms with Crippen LogP contribution in [0.5, 0.6) is 0 Å². The van der Waals surface area contributed by atoms with Crippen LogP contribution in [0.25, 0.3) is 22.6 Å². The maximum absolute atomic E-state index is 12.1. The highest BCUT2D eigenvalue weighted by atomic mass is 35.5. The van der Waals surface area contributed by atoms with Gasteiger partial charge in [-0.3, -0.25) is 4.79 Å². The summed E-state index contributed by atoms with van der Waals surface area (Å²) >= 11 is 0. The van der Waals surface area contributed by atoms with E-state index in [0.29, 0.717) is 23.9 Å². The zero-order chi connectivity index (χ0) is 16.4. The van der Waals surface area contributed by atoms with Crippen LogP contribution in [0.15, 0.2) is 41.0 Å². The number of anilines is 1. The Balaban J connectivity index is 0.00000121. The summed E-state index contributed by atoms with van der Waals surface area (Å²) in [6.45, 7) is 2.10. The molecule has 0 spiro atoms. The van der Waals surface area contributed by atoms with Crippen LogP contribution in [-0.4, -0.2) is 29.0 Å². The zero-order valence-electron chi connectivity index (χ0n) is 14.2. The average molecular weight is 397 g/mol. The molecular formula is C18H22Cl2N4O2. The largest absolute Gasteiger partial charge is 0.461 e. The van der Waals surface area contributed by atoms with Crippen LogP contribution < -0.4 is 10.6 Å². The van der Waals surface area contributed by atoms with Crippen LogP contribution in [0.2, 0.25) is 0 Å². The number of carbonyl (C=O) groups excluding carboxylic acids is 1. The molecule has 1 aromatic carbocycles. The Morgan fingerprint density at radius 2 is 2.19 bits per heavy atom. The van der Waals surface area contributed by atoms with E-state index in [2.05, 4.69) is 20.6 Å². The monoisotopic (exact) mass is 396 g/mol. The second kappa shape index (κ2) is 9.07. The standard InChI is InChI=1S/C18H20N4O2.2ClH/c23-17(6-3-12-7-8-19-11-12)20-13-4-5-14-15(10-13)22-18(21-14)16-2-1-9-24-16;;/h1-2,4-5,9-10,12,19H,3,6-8,11H2,(H,20,23)(H,21,22);2*1H. The van der Waals surface area contributed by atoms with Gasteiger partial charge in [-0.1, -0.05) is 0 Å². The second-order valence-electron chi connectivity index (χ2n) is 6.24. The highest BCUT2D eigenvalue weighted by Crippen LogP contribution is 2.23. The molecule has 4 rings (SSSR count). The van der Waals surface area contributed by atoms with E-state index in [0.717, 1.165) is 36.2 Å². The predicted molar refractivity (Wildman–Crippen MR) is 107 cm³/mol. The molecular weight excluding hydrogens is 375 g/mol. The molecule has 26 heavy (non-hydrogen) atoms. The molecule has 0 bridgehead atoms. The Hall–Kier alpha value is -2.02. The maximum Gasteiger partial charge on any atom is 0.224 e. The van der Waals surface area contributed by atoms with Crippen molar-refractivity contribution in [3.63, 3.8) is 0 Å². The number of rotatable bonds is 5. The van der Waals surface area contributed by atoms with E-state index >= 15 is 0 Å². The van der Waals surface area contributed by atoms with Crippen molar-refractivity contribution in [1.82, 2.24) is 15.3 Å². The Labute approximate surface area is 164 Å². The van der Waals surface area contributed by atoms with Gasteiger partial charge in [-0.2, -0.15) is 0 Å². The summed E-state index contributed by atoms with van der Waals surface area (Å²) in [5.74, 6) is 2.07. The molecule has 2 aromatic heterocycles. The minimum absolute atomic E-state index is 0. The number of benzene rings is 1. The third kappa shape index (κ3) is 4.58. The summed E-state index contributed by atoms with van der Waals surface area (Å²) in [4.78, 5) is 19.8. The van der Waals surface area contributed by atoms with Gasteiger partial charge < -0.3 is 20.0 Å². The minimum atomic E-state index is 0. The van der Waals surface area contributed by atoms with Gasteiger partial charge in [0, 0.05) is 12.1 Å². The molecule has 1 atom stereocenters. The number of hydrogen-bond acceptors (Lipinski definition) is 4. The first-order valence-corrected chi connectivity index (χ1v) is 8.32. The number of fused-ring (bicyclic) bond motifs is 1. The summed E-state index contributed by atoms with van der Waals surface area (Å²) in [5, 5.41) is 6.30. The van der Waals surface area contributed by atoms with Crippen molar-refractivity contribution in [2.75, 3.05) is 18.4 Å². The number of hydrogen-bond donors (Lipinski definition) is 3. The number of halogens is 2. The molecule has 6 nitrogen and oxygen atoms in total. The fraction of sp³-hybridized carbons (Fsp3) is 0.333. The van der Waals surface area contributed by atoms with E-state index in [9.17, 15) is 4.79 Å². The molecule has 1 saturated heterocycles. The number of imidazole rings is 1. The number of nitrogens with one attached hydrogen (secondary N) is 3. The van der Waals surface area contributed by atoms with Crippen molar-refractivity contribution in [1.29, 1.82) is 0 Å². The molecule has 3 N–H and O–H groups in total. The van der Waals surface area contributed by atoms with Gasteiger partial charge in [0.05, 0.1) is 17.3 Å². The Kier molecular flexibility index (Phi) is 7.08. The molecule has 140 valence electrons. The van der Waals surface area contributed by atoms with Crippen molar-refractivity contribution in [3.05, 3.63) is 36.6 Å². The average Bonchev–Trinajstić information content (AvgIpc) is 3.32. The van der Waals surface area contributed by atoms with E-state index in [1.54, 1.807) is 6.26 Å². The van der Waals surface area contributed by atoms with Crippen LogP contribution in [0.4, 0.5) is 5.69 Å². The highest BCUT2D eigenvalue weighted by Gasteiger charge is 2.16. The number of amides is 1. The molecule has 1 unspecified atom stereocenters. The van der Waals surface area contributed by atoms with Gasteiger partial charge in [-0.25, -0.2) is 4.98 Å². The van der Waals surface area contributed by atoms with Gasteiger partial charge in [-0.05, 0) is 62.2 Å². The van der Waals surface area contributed by atoms with Crippen molar-refractivity contribution in [2.45, 2.75) is 19.3 Å². The molecule has 1 aliphatic heterocycles. The molecule has 0 radical (unpaired) electrons.